The van der Waals surface area contributed by atoms with Gasteiger partial charge in [0.25, 0.3) is 0 Å². The van der Waals surface area contributed by atoms with Crippen molar-refractivity contribution in [3.05, 3.63) is 95.0 Å². The number of carbonyl (C=O) groups is 4. The molecule has 1 saturated heterocycles. The Morgan fingerprint density at radius 1 is 0.953 bits per heavy atom. The van der Waals surface area contributed by atoms with Gasteiger partial charge in [-0.1, -0.05) is 67.9 Å². The zero-order valence-electron chi connectivity index (χ0n) is 24.0. The summed E-state index contributed by atoms with van der Waals surface area (Å²) in [5.41, 5.74) is 2.94. The molecule has 2 amide bonds. The molecule has 8 heteroatoms. The van der Waals surface area contributed by atoms with Gasteiger partial charge < -0.3 is 4.74 Å². The van der Waals surface area contributed by atoms with Crippen LogP contribution in [0.5, 0.6) is 0 Å². The highest BCUT2D eigenvalue weighted by Crippen LogP contribution is 2.42. The standard InChI is InChI=1S/C35H31ClN2O5/c1-3-31(32(39)22-7-5-4-6-8-22)43-35(42)28-19-30(37-29-16-12-23(36)18-26(28)29)21-10-13-24(14-11-21)38-33(40)25-15-9-20(2)17-27(25)34(38)41/h4-8,10-14,16,18-20,25,27,31H,3,9,15,17H2,1-2H3. The summed E-state index contributed by atoms with van der Waals surface area (Å²) < 4.78 is 5.76. The molecule has 2 aliphatic rings. The van der Waals surface area contributed by atoms with E-state index in [0.717, 1.165) is 19.3 Å². The van der Waals surface area contributed by atoms with E-state index in [9.17, 15) is 19.2 Å². The molecule has 6 rings (SSSR count). The fraction of sp³-hybridized carbons (Fsp3) is 0.286. The Balaban J connectivity index is 1.31. The zero-order chi connectivity index (χ0) is 30.2. The number of Topliss-reactive ketones (excluding diaryl/α,β-unsaturated/α-hetero) is 1. The number of pyridine rings is 1. The molecule has 1 aliphatic carbocycles. The van der Waals surface area contributed by atoms with Crippen LogP contribution in [-0.2, 0) is 14.3 Å². The van der Waals surface area contributed by atoms with E-state index in [0.29, 0.717) is 50.8 Å². The number of fused-ring (bicyclic) bond motifs is 2. The minimum atomic E-state index is -0.956. The second kappa shape index (κ2) is 11.7. The van der Waals surface area contributed by atoms with Crippen LogP contribution in [0.1, 0.15) is 60.2 Å². The predicted molar refractivity (Wildman–Crippen MR) is 165 cm³/mol. The van der Waals surface area contributed by atoms with Gasteiger partial charge in [-0.2, -0.15) is 0 Å². The first-order valence-electron chi connectivity index (χ1n) is 14.6. The van der Waals surface area contributed by atoms with Crippen LogP contribution in [0.4, 0.5) is 5.69 Å². The molecule has 7 nitrogen and oxygen atoms in total. The number of halogens is 1. The Hall–Kier alpha value is -4.36. The van der Waals surface area contributed by atoms with Crippen LogP contribution in [0.2, 0.25) is 5.02 Å². The van der Waals surface area contributed by atoms with E-state index in [-0.39, 0.29) is 35.0 Å². The van der Waals surface area contributed by atoms with Crippen molar-refractivity contribution in [3.63, 3.8) is 0 Å². The minimum Gasteiger partial charge on any atom is -0.450 e. The zero-order valence-corrected chi connectivity index (χ0v) is 24.7. The maximum absolute atomic E-state index is 13.6. The van der Waals surface area contributed by atoms with Crippen molar-refractivity contribution in [1.29, 1.82) is 0 Å². The molecule has 0 radical (unpaired) electrons. The lowest BCUT2D eigenvalue weighted by atomic mass is 9.76. The Morgan fingerprint density at radius 2 is 1.67 bits per heavy atom. The Labute approximate surface area is 254 Å². The average Bonchev–Trinajstić information content (AvgIpc) is 3.27. The van der Waals surface area contributed by atoms with Gasteiger partial charge in [0.1, 0.15) is 0 Å². The predicted octanol–water partition coefficient (Wildman–Crippen LogP) is 7.30. The number of nitrogens with zero attached hydrogens (tertiary/aromatic N) is 2. The summed E-state index contributed by atoms with van der Waals surface area (Å²) in [6.07, 6.45) is 1.79. The molecular formula is C35H31ClN2O5. The normalized spacial score (nSPS) is 20.6. The van der Waals surface area contributed by atoms with Crippen molar-refractivity contribution in [2.75, 3.05) is 4.90 Å². The van der Waals surface area contributed by atoms with E-state index in [4.69, 9.17) is 21.3 Å². The second-order valence-corrected chi connectivity index (χ2v) is 11.9. The van der Waals surface area contributed by atoms with E-state index in [1.54, 1.807) is 79.7 Å². The molecule has 1 saturated carbocycles. The molecule has 0 bridgehead atoms. The molecule has 4 unspecified atom stereocenters. The highest BCUT2D eigenvalue weighted by molar-refractivity contribution is 6.31. The second-order valence-electron chi connectivity index (χ2n) is 11.4. The molecule has 0 N–H and O–H groups in total. The molecule has 4 aromatic rings. The summed E-state index contributed by atoms with van der Waals surface area (Å²) >= 11 is 6.28. The summed E-state index contributed by atoms with van der Waals surface area (Å²) in [5, 5.41) is 0.938. The third kappa shape index (κ3) is 5.45. The van der Waals surface area contributed by atoms with Crippen molar-refractivity contribution < 1.29 is 23.9 Å². The Morgan fingerprint density at radius 3 is 2.40 bits per heavy atom. The number of anilines is 1. The molecule has 3 aromatic carbocycles. The number of esters is 1. The van der Waals surface area contributed by atoms with Gasteiger partial charge in [-0.25, -0.2) is 9.78 Å². The summed E-state index contributed by atoms with van der Waals surface area (Å²) in [4.78, 5) is 59.1. The quantitative estimate of drug-likeness (QED) is 0.127. The first kappa shape index (κ1) is 28.7. The van der Waals surface area contributed by atoms with Crippen molar-refractivity contribution in [3.8, 4) is 11.3 Å². The van der Waals surface area contributed by atoms with Crippen molar-refractivity contribution in [2.24, 2.45) is 17.8 Å². The number of hydrogen-bond donors (Lipinski definition) is 0. The number of imide groups is 1. The lowest BCUT2D eigenvalue weighted by Gasteiger charge is -2.25. The van der Waals surface area contributed by atoms with Crippen molar-refractivity contribution in [1.82, 2.24) is 4.98 Å². The summed E-state index contributed by atoms with van der Waals surface area (Å²) in [7, 11) is 0. The third-order valence-electron chi connectivity index (χ3n) is 8.57. The molecular weight excluding hydrogens is 564 g/mol. The van der Waals surface area contributed by atoms with Crippen LogP contribution in [0, 0.1) is 17.8 Å². The molecule has 1 aliphatic heterocycles. The van der Waals surface area contributed by atoms with Gasteiger partial charge in [0, 0.05) is 21.5 Å². The smallest absolute Gasteiger partial charge is 0.339 e. The topological polar surface area (TPSA) is 93.6 Å². The maximum Gasteiger partial charge on any atom is 0.339 e. The van der Waals surface area contributed by atoms with Crippen LogP contribution in [-0.4, -0.2) is 34.7 Å². The Kier molecular flexibility index (Phi) is 7.84. The van der Waals surface area contributed by atoms with Gasteiger partial charge in [-0.3, -0.25) is 19.3 Å². The number of rotatable bonds is 7. The first-order chi connectivity index (χ1) is 20.7. The molecule has 1 aromatic heterocycles. The van der Waals surface area contributed by atoms with Crippen molar-refractivity contribution in [2.45, 2.75) is 45.6 Å². The monoisotopic (exact) mass is 594 g/mol. The number of benzene rings is 3. The summed E-state index contributed by atoms with van der Waals surface area (Å²) in [5.74, 6) is -1.26. The van der Waals surface area contributed by atoms with Gasteiger partial charge >= 0.3 is 5.97 Å². The van der Waals surface area contributed by atoms with E-state index >= 15 is 0 Å². The SMILES string of the molecule is CCC(OC(=O)c1cc(-c2ccc(N3C(=O)C4CCC(C)CC4C3=O)cc2)nc2ccc(Cl)cc12)C(=O)c1ccccc1. The van der Waals surface area contributed by atoms with E-state index in [1.165, 1.54) is 4.90 Å². The van der Waals surface area contributed by atoms with Crippen LogP contribution in [0.15, 0.2) is 78.9 Å². The van der Waals surface area contributed by atoms with Crippen LogP contribution < -0.4 is 4.90 Å². The van der Waals surface area contributed by atoms with Crippen LogP contribution in [0.25, 0.3) is 22.2 Å². The number of carbonyl (C=O) groups excluding carboxylic acids is 4. The van der Waals surface area contributed by atoms with E-state index in [1.807, 2.05) is 6.07 Å². The van der Waals surface area contributed by atoms with Gasteiger partial charge in [0.05, 0.1) is 34.3 Å². The highest BCUT2D eigenvalue weighted by atomic mass is 35.5. The maximum atomic E-state index is 13.6. The number of ketones is 1. The summed E-state index contributed by atoms with van der Waals surface area (Å²) in [6.45, 7) is 3.92. The molecule has 218 valence electrons. The van der Waals surface area contributed by atoms with Gasteiger partial charge in [-0.15, -0.1) is 0 Å². The third-order valence-corrected chi connectivity index (χ3v) is 8.81. The number of aromatic nitrogens is 1. The lowest BCUT2D eigenvalue weighted by molar-refractivity contribution is -0.122. The summed E-state index contributed by atoms with van der Waals surface area (Å²) in [6, 6.07) is 22.5. The van der Waals surface area contributed by atoms with Gasteiger partial charge in [0.15, 0.2) is 6.10 Å². The van der Waals surface area contributed by atoms with E-state index < -0.39 is 12.1 Å². The minimum absolute atomic E-state index is 0.129. The fourth-order valence-corrected chi connectivity index (χ4v) is 6.42. The Bertz CT molecular complexity index is 1740. The molecule has 4 atom stereocenters. The average molecular weight is 595 g/mol. The molecule has 0 spiro atoms. The highest BCUT2D eigenvalue weighted by Gasteiger charge is 2.49. The first-order valence-corrected chi connectivity index (χ1v) is 15.0. The molecule has 2 fully saturated rings. The fourth-order valence-electron chi connectivity index (χ4n) is 6.24. The number of ether oxygens (including phenoxy) is 1. The largest absolute Gasteiger partial charge is 0.450 e. The van der Waals surface area contributed by atoms with Crippen molar-refractivity contribution >= 4 is 51.8 Å². The molecule has 43 heavy (non-hydrogen) atoms. The van der Waals surface area contributed by atoms with Crippen LogP contribution in [0.3, 0.4) is 0 Å². The number of amides is 2. The van der Waals surface area contributed by atoms with Gasteiger partial charge in [0.2, 0.25) is 17.6 Å². The van der Waals surface area contributed by atoms with E-state index in [2.05, 4.69) is 6.92 Å². The van der Waals surface area contributed by atoms with Gasteiger partial charge in [-0.05, 0) is 68.0 Å². The lowest BCUT2D eigenvalue weighted by Crippen LogP contribution is -2.30. The molecule has 2 heterocycles. The number of hydrogen-bond acceptors (Lipinski definition) is 6. The van der Waals surface area contributed by atoms with Crippen LogP contribution >= 0.6 is 11.6 Å².